The molecule has 0 aliphatic carbocycles. The van der Waals surface area contributed by atoms with Crippen molar-refractivity contribution in [1.29, 1.82) is 0 Å². The maximum atomic E-state index is 12.3. The van der Waals surface area contributed by atoms with Crippen LogP contribution < -0.4 is 11.1 Å². The number of nitrogens with one attached hydrogen (secondary N) is 1. The quantitative estimate of drug-likeness (QED) is 0.863. The van der Waals surface area contributed by atoms with Gasteiger partial charge in [0.05, 0.1) is 17.9 Å². The number of ether oxygens (including phenoxy) is 1. The third-order valence-electron chi connectivity index (χ3n) is 5.19. The molecule has 1 fully saturated rings. The van der Waals surface area contributed by atoms with E-state index in [0.717, 1.165) is 24.2 Å². The summed E-state index contributed by atoms with van der Waals surface area (Å²) in [4.78, 5) is 30.3. The minimum Gasteiger partial charge on any atom is -0.381 e. The number of aromatic nitrogens is 1. The highest BCUT2D eigenvalue weighted by atomic mass is 16.5. The van der Waals surface area contributed by atoms with E-state index >= 15 is 0 Å². The van der Waals surface area contributed by atoms with Crippen molar-refractivity contribution in [2.75, 3.05) is 19.8 Å². The Morgan fingerprint density at radius 3 is 2.81 bits per heavy atom. The van der Waals surface area contributed by atoms with Crippen LogP contribution in [0, 0.1) is 5.92 Å². The first-order valence-electron chi connectivity index (χ1n) is 9.09. The molecule has 3 heterocycles. The molecular formula is C20H22N4O3. The summed E-state index contributed by atoms with van der Waals surface area (Å²) >= 11 is 0. The van der Waals surface area contributed by atoms with Gasteiger partial charge in [0.25, 0.3) is 5.91 Å². The van der Waals surface area contributed by atoms with Crippen LogP contribution in [0.15, 0.2) is 42.6 Å². The van der Waals surface area contributed by atoms with Gasteiger partial charge < -0.3 is 20.7 Å². The molecule has 2 atom stereocenters. The first kappa shape index (κ1) is 17.5. The summed E-state index contributed by atoms with van der Waals surface area (Å²) in [6.45, 7) is 2.52. The fourth-order valence-electron chi connectivity index (χ4n) is 3.70. The molecule has 3 N–H and O–H groups in total. The molecule has 2 aliphatic rings. The smallest absolute Gasteiger partial charge is 0.315 e. The monoisotopic (exact) mass is 366 g/mol. The number of hydrogen-bond acceptors (Lipinski definition) is 4. The van der Waals surface area contributed by atoms with Gasteiger partial charge in [-0.3, -0.25) is 9.78 Å². The maximum absolute atomic E-state index is 12.3. The highest BCUT2D eigenvalue weighted by Gasteiger charge is 2.34. The molecule has 0 saturated carbocycles. The second kappa shape index (κ2) is 7.36. The second-order valence-corrected chi connectivity index (χ2v) is 6.98. The number of amides is 3. The van der Waals surface area contributed by atoms with E-state index in [2.05, 4.69) is 10.3 Å². The van der Waals surface area contributed by atoms with Crippen molar-refractivity contribution in [3.8, 4) is 0 Å². The lowest BCUT2D eigenvalue weighted by molar-refractivity contribution is 0.0944. The molecule has 0 spiro atoms. The molecule has 140 valence electrons. The Kier molecular flexibility index (Phi) is 4.77. The predicted octanol–water partition coefficient (Wildman–Crippen LogP) is 1.83. The van der Waals surface area contributed by atoms with Gasteiger partial charge in [0.2, 0.25) is 0 Å². The van der Waals surface area contributed by atoms with Crippen LogP contribution in [0.4, 0.5) is 4.79 Å². The Morgan fingerprint density at radius 1 is 1.26 bits per heavy atom. The molecule has 27 heavy (non-hydrogen) atoms. The van der Waals surface area contributed by atoms with Crippen LogP contribution in [-0.2, 0) is 11.3 Å². The summed E-state index contributed by atoms with van der Waals surface area (Å²) in [5, 5.41) is 2.93. The standard InChI is InChI=1S/C20H22N4O3/c21-20(26)24-11-15-3-1-2-4-16(15)18(24)17-6-5-14(10-22-17)19(25)23-9-13-7-8-27-12-13/h1-6,10,13,18H,7-9,11-12H2,(H2,21,26)(H,23,25). The summed E-state index contributed by atoms with van der Waals surface area (Å²) in [5.74, 6) is 0.222. The van der Waals surface area contributed by atoms with Crippen molar-refractivity contribution in [1.82, 2.24) is 15.2 Å². The lowest BCUT2D eigenvalue weighted by atomic mass is 10.0. The van der Waals surface area contributed by atoms with E-state index in [1.807, 2.05) is 24.3 Å². The lowest BCUT2D eigenvalue weighted by Crippen LogP contribution is -2.35. The molecule has 2 aromatic rings. The van der Waals surface area contributed by atoms with Gasteiger partial charge in [-0.2, -0.15) is 0 Å². The Labute approximate surface area is 157 Å². The number of pyridine rings is 1. The predicted molar refractivity (Wildman–Crippen MR) is 98.9 cm³/mol. The van der Waals surface area contributed by atoms with Gasteiger partial charge in [0.15, 0.2) is 0 Å². The van der Waals surface area contributed by atoms with Crippen molar-refractivity contribution in [2.45, 2.75) is 19.0 Å². The summed E-state index contributed by atoms with van der Waals surface area (Å²) in [7, 11) is 0. The van der Waals surface area contributed by atoms with E-state index in [4.69, 9.17) is 10.5 Å². The molecule has 0 bridgehead atoms. The molecule has 2 unspecified atom stereocenters. The zero-order valence-electron chi connectivity index (χ0n) is 14.9. The normalized spacial score (nSPS) is 21.1. The van der Waals surface area contributed by atoms with E-state index in [0.29, 0.717) is 36.9 Å². The van der Waals surface area contributed by atoms with E-state index in [1.165, 1.54) is 0 Å². The number of benzene rings is 1. The number of nitrogens with zero attached hydrogens (tertiary/aromatic N) is 2. The molecule has 3 amide bonds. The summed E-state index contributed by atoms with van der Waals surface area (Å²) in [5.41, 5.74) is 8.83. The highest BCUT2D eigenvalue weighted by Crippen LogP contribution is 2.37. The zero-order chi connectivity index (χ0) is 18.8. The van der Waals surface area contributed by atoms with E-state index in [1.54, 1.807) is 23.2 Å². The molecule has 1 aromatic heterocycles. The second-order valence-electron chi connectivity index (χ2n) is 6.98. The molecule has 1 aromatic carbocycles. The summed E-state index contributed by atoms with van der Waals surface area (Å²) < 4.78 is 5.32. The van der Waals surface area contributed by atoms with Crippen LogP contribution in [0.1, 0.15) is 39.6 Å². The molecule has 7 heteroatoms. The minimum absolute atomic E-state index is 0.153. The number of carbonyl (C=O) groups excluding carboxylic acids is 2. The van der Waals surface area contributed by atoms with Crippen LogP contribution in [0.25, 0.3) is 0 Å². The third-order valence-corrected chi connectivity index (χ3v) is 5.19. The number of hydrogen-bond donors (Lipinski definition) is 2. The first-order valence-corrected chi connectivity index (χ1v) is 9.09. The van der Waals surface area contributed by atoms with Crippen LogP contribution in [-0.4, -0.2) is 41.6 Å². The maximum Gasteiger partial charge on any atom is 0.315 e. The number of urea groups is 1. The lowest BCUT2D eigenvalue weighted by Gasteiger charge is -2.23. The fraction of sp³-hybridized carbons (Fsp3) is 0.350. The summed E-state index contributed by atoms with van der Waals surface area (Å²) in [6.07, 6.45) is 2.53. The van der Waals surface area contributed by atoms with Gasteiger partial charge in [0.1, 0.15) is 6.04 Å². The van der Waals surface area contributed by atoms with E-state index < -0.39 is 6.03 Å². The van der Waals surface area contributed by atoms with Gasteiger partial charge >= 0.3 is 6.03 Å². The fourth-order valence-corrected chi connectivity index (χ4v) is 3.70. The van der Waals surface area contributed by atoms with Gasteiger partial charge in [-0.15, -0.1) is 0 Å². The highest BCUT2D eigenvalue weighted by molar-refractivity contribution is 5.93. The number of primary amides is 1. The largest absolute Gasteiger partial charge is 0.381 e. The molecule has 0 radical (unpaired) electrons. The number of fused-ring (bicyclic) bond motifs is 1. The number of carbonyl (C=O) groups is 2. The zero-order valence-corrected chi connectivity index (χ0v) is 14.9. The topological polar surface area (TPSA) is 97.6 Å². The SMILES string of the molecule is NC(=O)N1Cc2ccccc2C1c1ccc(C(=O)NCC2CCOC2)cn1. The number of rotatable bonds is 4. The van der Waals surface area contributed by atoms with Crippen LogP contribution in [0.5, 0.6) is 0 Å². The van der Waals surface area contributed by atoms with Crippen LogP contribution >= 0.6 is 0 Å². The van der Waals surface area contributed by atoms with Gasteiger partial charge in [-0.05, 0) is 29.7 Å². The molecule has 7 nitrogen and oxygen atoms in total. The average molecular weight is 366 g/mol. The third kappa shape index (κ3) is 3.50. The summed E-state index contributed by atoms with van der Waals surface area (Å²) in [6, 6.07) is 10.6. The van der Waals surface area contributed by atoms with Crippen molar-refractivity contribution in [3.63, 3.8) is 0 Å². The Morgan fingerprint density at radius 2 is 2.11 bits per heavy atom. The van der Waals surface area contributed by atoms with E-state index in [-0.39, 0.29) is 11.9 Å². The minimum atomic E-state index is -0.487. The van der Waals surface area contributed by atoms with Crippen molar-refractivity contribution < 1.29 is 14.3 Å². The average Bonchev–Trinajstić information content (AvgIpc) is 3.34. The Balaban J connectivity index is 1.50. The van der Waals surface area contributed by atoms with Gasteiger partial charge in [-0.25, -0.2) is 4.79 Å². The molecule has 1 saturated heterocycles. The van der Waals surface area contributed by atoms with Crippen LogP contribution in [0.2, 0.25) is 0 Å². The van der Waals surface area contributed by atoms with Crippen molar-refractivity contribution in [2.24, 2.45) is 11.7 Å². The van der Waals surface area contributed by atoms with E-state index in [9.17, 15) is 9.59 Å². The first-order chi connectivity index (χ1) is 13.1. The molecule has 2 aliphatic heterocycles. The van der Waals surface area contributed by atoms with Crippen molar-refractivity contribution in [3.05, 3.63) is 65.0 Å². The number of nitrogens with two attached hydrogens (primary N) is 1. The Bertz CT molecular complexity index is 847. The van der Waals surface area contributed by atoms with Crippen LogP contribution in [0.3, 0.4) is 0 Å². The molecule has 4 rings (SSSR count). The molecular weight excluding hydrogens is 344 g/mol. The van der Waals surface area contributed by atoms with Gasteiger partial charge in [0, 0.05) is 31.8 Å². The van der Waals surface area contributed by atoms with Gasteiger partial charge in [-0.1, -0.05) is 24.3 Å². The van der Waals surface area contributed by atoms with Crippen molar-refractivity contribution >= 4 is 11.9 Å². The Hall–Kier alpha value is -2.93.